The SMILES string of the molecule is O=C1c2ccc(F)cc2CC[C@@H]2CC[C@@H](c3nc(-c4ccc(F)cn4)cs3)CN12. The van der Waals surface area contributed by atoms with Crippen molar-refractivity contribution in [3.8, 4) is 11.4 Å². The number of rotatable bonds is 2. The van der Waals surface area contributed by atoms with E-state index < -0.39 is 0 Å². The van der Waals surface area contributed by atoms with Crippen LogP contribution in [0.5, 0.6) is 0 Å². The summed E-state index contributed by atoms with van der Waals surface area (Å²) in [6.07, 6.45) is 4.65. The normalized spacial score (nSPS) is 21.4. The molecule has 1 amide bonds. The van der Waals surface area contributed by atoms with Crippen LogP contribution in [0.2, 0.25) is 0 Å². The molecule has 1 fully saturated rings. The van der Waals surface area contributed by atoms with Crippen molar-refractivity contribution in [2.24, 2.45) is 0 Å². The molecule has 0 spiro atoms. The molecule has 0 saturated carbocycles. The van der Waals surface area contributed by atoms with Gasteiger partial charge >= 0.3 is 0 Å². The highest BCUT2D eigenvalue weighted by Gasteiger charge is 2.36. The number of pyridine rings is 1. The van der Waals surface area contributed by atoms with Crippen LogP contribution < -0.4 is 0 Å². The molecule has 2 aliphatic rings. The van der Waals surface area contributed by atoms with Crippen LogP contribution in [0.15, 0.2) is 41.9 Å². The highest BCUT2D eigenvalue weighted by molar-refractivity contribution is 7.10. The molecule has 3 aromatic rings. The number of nitrogens with zero attached hydrogens (tertiary/aromatic N) is 3. The monoisotopic (exact) mass is 411 g/mol. The number of amides is 1. The largest absolute Gasteiger partial charge is 0.335 e. The van der Waals surface area contributed by atoms with Crippen LogP contribution in [0.25, 0.3) is 11.4 Å². The minimum Gasteiger partial charge on any atom is -0.335 e. The zero-order chi connectivity index (χ0) is 20.0. The van der Waals surface area contributed by atoms with Gasteiger partial charge in [-0.2, -0.15) is 0 Å². The number of fused-ring (bicyclic) bond motifs is 2. The topological polar surface area (TPSA) is 46.1 Å². The number of thiazole rings is 1. The Morgan fingerprint density at radius 3 is 2.72 bits per heavy atom. The number of hydrogen-bond acceptors (Lipinski definition) is 4. The lowest BCUT2D eigenvalue weighted by Gasteiger charge is -2.38. The average molecular weight is 411 g/mol. The summed E-state index contributed by atoms with van der Waals surface area (Å²) in [4.78, 5) is 23.9. The van der Waals surface area contributed by atoms with Crippen LogP contribution >= 0.6 is 11.3 Å². The molecule has 2 aromatic heterocycles. The summed E-state index contributed by atoms with van der Waals surface area (Å²) in [5.41, 5.74) is 2.80. The number of carbonyl (C=O) groups is 1. The molecule has 0 unspecified atom stereocenters. The number of benzene rings is 1. The summed E-state index contributed by atoms with van der Waals surface area (Å²) in [7, 11) is 0. The first-order valence-corrected chi connectivity index (χ1v) is 10.6. The molecule has 1 saturated heterocycles. The van der Waals surface area contributed by atoms with E-state index in [1.54, 1.807) is 23.5 Å². The number of piperidine rings is 1. The number of aromatic nitrogens is 2. The fraction of sp³-hybridized carbons (Fsp3) is 0.318. The standard InChI is InChI=1S/C22H19F2N3OS/c23-15-3-7-18-13(9-15)1-5-17-6-2-14(11-27(17)22(18)28)21-26-20(12-29-21)19-8-4-16(24)10-25-19/h3-4,7-10,12,14,17H,1-2,5-6,11H2/t14-,17-/m1/s1. The fourth-order valence-electron chi connectivity index (χ4n) is 4.35. The Bertz CT molecular complexity index is 1070. The lowest BCUT2D eigenvalue weighted by atomic mass is 9.91. The molecule has 4 nitrogen and oxygen atoms in total. The molecule has 4 heterocycles. The Kier molecular flexibility index (Phi) is 4.62. The number of hydrogen-bond donors (Lipinski definition) is 0. The maximum absolute atomic E-state index is 13.6. The summed E-state index contributed by atoms with van der Waals surface area (Å²) >= 11 is 1.56. The van der Waals surface area contributed by atoms with Crippen molar-refractivity contribution in [3.63, 3.8) is 0 Å². The Balaban J connectivity index is 1.39. The number of carbonyl (C=O) groups excluding carboxylic acids is 1. The lowest BCUT2D eigenvalue weighted by molar-refractivity contribution is 0.0588. The minimum atomic E-state index is -0.373. The van der Waals surface area contributed by atoms with Crippen molar-refractivity contribution >= 4 is 17.2 Å². The van der Waals surface area contributed by atoms with Gasteiger partial charge in [-0.1, -0.05) is 0 Å². The van der Waals surface area contributed by atoms with Gasteiger partial charge < -0.3 is 4.90 Å². The highest BCUT2D eigenvalue weighted by Crippen LogP contribution is 2.37. The second-order valence-electron chi connectivity index (χ2n) is 7.66. The second kappa shape index (κ2) is 7.30. The molecule has 0 N–H and O–H groups in total. The molecule has 2 atom stereocenters. The third kappa shape index (κ3) is 3.44. The molecule has 2 aliphatic heterocycles. The lowest BCUT2D eigenvalue weighted by Crippen LogP contribution is -2.45. The smallest absolute Gasteiger partial charge is 0.254 e. The van der Waals surface area contributed by atoms with E-state index in [0.29, 0.717) is 17.8 Å². The van der Waals surface area contributed by atoms with E-state index in [2.05, 4.69) is 4.98 Å². The van der Waals surface area contributed by atoms with Gasteiger partial charge in [-0.05, 0) is 61.6 Å². The van der Waals surface area contributed by atoms with Gasteiger partial charge in [0.25, 0.3) is 5.91 Å². The number of halogens is 2. The van der Waals surface area contributed by atoms with Gasteiger partial charge in [0.15, 0.2) is 0 Å². The molecule has 1 aromatic carbocycles. The molecule has 0 radical (unpaired) electrons. The number of aryl methyl sites for hydroxylation is 1. The van der Waals surface area contributed by atoms with Crippen molar-refractivity contribution < 1.29 is 13.6 Å². The van der Waals surface area contributed by atoms with Gasteiger partial charge in [0.2, 0.25) is 0 Å². The highest BCUT2D eigenvalue weighted by atomic mass is 32.1. The van der Waals surface area contributed by atoms with E-state index >= 15 is 0 Å². The van der Waals surface area contributed by atoms with E-state index in [1.807, 2.05) is 10.3 Å². The molecule has 7 heteroatoms. The van der Waals surface area contributed by atoms with Gasteiger partial charge in [-0.15, -0.1) is 11.3 Å². The molecule has 29 heavy (non-hydrogen) atoms. The van der Waals surface area contributed by atoms with E-state index in [-0.39, 0.29) is 29.5 Å². The second-order valence-corrected chi connectivity index (χ2v) is 8.55. The van der Waals surface area contributed by atoms with Gasteiger partial charge in [0.1, 0.15) is 11.6 Å². The van der Waals surface area contributed by atoms with Crippen LogP contribution in [0, 0.1) is 11.6 Å². The Hall–Kier alpha value is -2.67. The summed E-state index contributed by atoms with van der Waals surface area (Å²) in [6.45, 7) is 0.615. The molecular weight excluding hydrogens is 392 g/mol. The van der Waals surface area contributed by atoms with E-state index in [4.69, 9.17) is 4.98 Å². The summed E-state index contributed by atoms with van der Waals surface area (Å²) in [5, 5.41) is 2.91. The van der Waals surface area contributed by atoms with Crippen LogP contribution in [0.4, 0.5) is 8.78 Å². The van der Waals surface area contributed by atoms with Crippen LogP contribution in [-0.4, -0.2) is 33.4 Å². The third-order valence-electron chi connectivity index (χ3n) is 5.87. The maximum atomic E-state index is 13.6. The van der Waals surface area contributed by atoms with Gasteiger partial charge in [0.05, 0.1) is 22.6 Å². The van der Waals surface area contributed by atoms with Gasteiger partial charge in [-0.3, -0.25) is 9.78 Å². The van der Waals surface area contributed by atoms with Crippen molar-refractivity contribution in [1.29, 1.82) is 0 Å². The van der Waals surface area contributed by atoms with Crippen LogP contribution in [-0.2, 0) is 6.42 Å². The minimum absolute atomic E-state index is 0.0100. The first kappa shape index (κ1) is 18.4. The summed E-state index contributed by atoms with van der Waals surface area (Å²) < 4.78 is 26.7. The predicted octanol–water partition coefficient (Wildman–Crippen LogP) is 4.82. The van der Waals surface area contributed by atoms with Gasteiger partial charge in [-0.25, -0.2) is 13.8 Å². The molecule has 0 aliphatic carbocycles. The van der Waals surface area contributed by atoms with Crippen LogP contribution in [0.3, 0.4) is 0 Å². The summed E-state index contributed by atoms with van der Waals surface area (Å²) in [6, 6.07) is 7.66. The Morgan fingerprint density at radius 1 is 1.03 bits per heavy atom. The molecule has 5 rings (SSSR count). The quantitative estimate of drug-likeness (QED) is 0.608. The van der Waals surface area contributed by atoms with Crippen molar-refractivity contribution in [1.82, 2.24) is 14.9 Å². The first-order valence-electron chi connectivity index (χ1n) is 9.75. The Labute approximate surface area is 171 Å². The summed E-state index contributed by atoms with van der Waals surface area (Å²) in [5.74, 6) is -0.512. The molecule has 148 valence electrons. The maximum Gasteiger partial charge on any atom is 0.254 e. The Morgan fingerprint density at radius 2 is 1.90 bits per heavy atom. The van der Waals surface area contributed by atoms with E-state index in [9.17, 15) is 13.6 Å². The zero-order valence-electron chi connectivity index (χ0n) is 15.6. The van der Waals surface area contributed by atoms with Crippen LogP contribution in [0.1, 0.15) is 46.1 Å². The van der Waals surface area contributed by atoms with E-state index in [0.717, 1.165) is 41.9 Å². The van der Waals surface area contributed by atoms with Gasteiger partial charge in [0, 0.05) is 29.4 Å². The van der Waals surface area contributed by atoms with Crippen molar-refractivity contribution in [3.05, 3.63) is 69.7 Å². The van der Waals surface area contributed by atoms with E-state index in [1.165, 1.54) is 24.4 Å². The third-order valence-corrected chi connectivity index (χ3v) is 6.88. The molecular formula is C22H19F2N3OS. The predicted molar refractivity (Wildman–Crippen MR) is 107 cm³/mol. The van der Waals surface area contributed by atoms with Crippen molar-refractivity contribution in [2.45, 2.75) is 37.6 Å². The fourth-order valence-corrected chi connectivity index (χ4v) is 5.29. The molecule has 0 bridgehead atoms. The zero-order valence-corrected chi connectivity index (χ0v) is 16.5. The average Bonchev–Trinajstić information content (AvgIpc) is 3.18. The first-order chi connectivity index (χ1) is 14.1. The van der Waals surface area contributed by atoms with Crippen molar-refractivity contribution in [2.75, 3.05) is 6.54 Å².